The molecule has 0 bridgehead atoms. The monoisotopic (exact) mass is 395 g/mol. The molecule has 0 heterocycles. The zero-order chi connectivity index (χ0) is 16.6. The Kier molecular flexibility index (Phi) is 29.9. The number of nitrogens with two attached hydrogens (primary N) is 1. The van der Waals surface area contributed by atoms with Gasteiger partial charge in [-0.25, -0.2) is 0 Å². The van der Waals surface area contributed by atoms with E-state index in [9.17, 15) is 9.59 Å². The van der Waals surface area contributed by atoms with Gasteiger partial charge in [0.2, 0.25) is 0 Å². The van der Waals surface area contributed by atoms with Gasteiger partial charge in [0.1, 0.15) is 6.04 Å². The molecule has 7 heteroatoms. The number of esters is 1. The van der Waals surface area contributed by atoms with Crippen molar-refractivity contribution >= 4 is 11.9 Å². The Morgan fingerprint density at radius 3 is 1.88 bits per heavy atom. The van der Waals surface area contributed by atoms with Gasteiger partial charge in [-0.1, -0.05) is 64.7 Å². The summed E-state index contributed by atoms with van der Waals surface area (Å²) in [7, 11) is 0. The van der Waals surface area contributed by atoms with Gasteiger partial charge in [0.15, 0.2) is 0 Å². The minimum absolute atomic E-state index is 0. The molecule has 3 N–H and O–H groups in total. The van der Waals surface area contributed by atoms with Crippen LogP contribution in [0.2, 0.25) is 0 Å². The molecule has 0 amide bonds. The third-order valence-corrected chi connectivity index (χ3v) is 3.74. The first-order valence-corrected chi connectivity index (χ1v) is 8.72. The molecular formula is C17H35K2NO4. The molecule has 0 aliphatic rings. The van der Waals surface area contributed by atoms with Crippen LogP contribution < -0.4 is 109 Å². The van der Waals surface area contributed by atoms with Crippen molar-refractivity contribution in [2.45, 2.75) is 90.0 Å². The minimum atomic E-state index is -1.08. The molecule has 0 unspecified atom stereocenters. The molecule has 0 saturated carbocycles. The van der Waals surface area contributed by atoms with Crippen molar-refractivity contribution in [3.63, 3.8) is 0 Å². The molecule has 134 valence electrons. The summed E-state index contributed by atoms with van der Waals surface area (Å²) in [4.78, 5) is 21.9. The number of carboxylic acid groups (broad SMARTS) is 1. The smallest absolute Gasteiger partial charge is 1.00 e. The van der Waals surface area contributed by atoms with E-state index in [4.69, 9.17) is 15.6 Å². The topological polar surface area (TPSA) is 89.6 Å². The number of unbranched alkanes of at least 4 members (excludes halogenated alkanes) is 9. The van der Waals surface area contributed by atoms with E-state index in [-0.39, 0.29) is 124 Å². The fourth-order valence-corrected chi connectivity index (χ4v) is 2.24. The first-order chi connectivity index (χ1) is 10.6. The maximum atomic E-state index is 11.4. The van der Waals surface area contributed by atoms with Gasteiger partial charge in [0.25, 0.3) is 0 Å². The summed E-state index contributed by atoms with van der Waals surface area (Å²) in [5.41, 5.74) is 5.32. The zero-order valence-corrected chi connectivity index (χ0v) is 22.3. The minimum Gasteiger partial charge on any atom is -1.00 e. The number of hydrogen-bond donors (Lipinski definition) is 2. The van der Waals surface area contributed by atoms with Crippen molar-refractivity contribution in [1.29, 1.82) is 0 Å². The predicted molar refractivity (Wildman–Crippen MR) is 89.9 cm³/mol. The van der Waals surface area contributed by atoms with E-state index in [2.05, 4.69) is 6.92 Å². The maximum absolute atomic E-state index is 11.4. The predicted octanol–water partition coefficient (Wildman–Crippen LogP) is -2.12. The summed E-state index contributed by atoms with van der Waals surface area (Å²) in [5.74, 6) is -1.44. The first-order valence-electron chi connectivity index (χ1n) is 8.72. The van der Waals surface area contributed by atoms with Gasteiger partial charge in [0.05, 0.1) is 6.61 Å². The summed E-state index contributed by atoms with van der Waals surface area (Å²) < 4.78 is 5.06. The Hall–Kier alpha value is 2.17. The van der Waals surface area contributed by atoms with Gasteiger partial charge in [-0.2, -0.15) is 0 Å². The van der Waals surface area contributed by atoms with Gasteiger partial charge >= 0.3 is 115 Å². The molecule has 0 rings (SSSR count). The molecule has 5 nitrogen and oxygen atoms in total. The van der Waals surface area contributed by atoms with Crippen LogP contribution >= 0.6 is 0 Å². The summed E-state index contributed by atoms with van der Waals surface area (Å²) in [5, 5.41) is 8.59. The van der Waals surface area contributed by atoms with Gasteiger partial charge in [-0.05, 0) is 12.8 Å². The summed E-state index contributed by atoms with van der Waals surface area (Å²) in [6.07, 6.45) is 12.6. The Morgan fingerprint density at radius 1 is 0.958 bits per heavy atom. The average Bonchev–Trinajstić information content (AvgIpc) is 2.50. The molecule has 0 spiro atoms. The van der Waals surface area contributed by atoms with Crippen molar-refractivity contribution in [3.8, 4) is 0 Å². The van der Waals surface area contributed by atoms with Crippen molar-refractivity contribution < 1.29 is 125 Å². The number of ether oxygens (including phenoxy) is 1. The van der Waals surface area contributed by atoms with Crippen LogP contribution in [0.1, 0.15) is 86.8 Å². The quantitative estimate of drug-likeness (QED) is 0.188. The van der Waals surface area contributed by atoms with Crippen LogP contribution in [-0.2, 0) is 14.3 Å². The Balaban J connectivity index is -0.000000367. The van der Waals surface area contributed by atoms with E-state index in [1.807, 2.05) is 0 Å². The van der Waals surface area contributed by atoms with Gasteiger partial charge in [-0.15, -0.1) is 0 Å². The van der Waals surface area contributed by atoms with Crippen LogP contribution in [0.3, 0.4) is 0 Å². The second-order valence-corrected chi connectivity index (χ2v) is 5.89. The fraction of sp³-hybridized carbons (Fsp3) is 0.882. The number of hydrogen-bond acceptors (Lipinski definition) is 4. The maximum Gasteiger partial charge on any atom is 1.00 e. The molecule has 24 heavy (non-hydrogen) atoms. The Morgan fingerprint density at radius 2 is 1.42 bits per heavy atom. The van der Waals surface area contributed by atoms with E-state index >= 15 is 0 Å². The largest absolute Gasteiger partial charge is 1.00 e. The van der Waals surface area contributed by atoms with Crippen LogP contribution in [0.15, 0.2) is 0 Å². The number of carbonyl (C=O) groups is 2. The Labute approximate surface area is 235 Å². The van der Waals surface area contributed by atoms with Crippen molar-refractivity contribution in [3.05, 3.63) is 0 Å². The molecule has 0 aliphatic heterocycles. The van der Waals surface area contributed by atoms with E-state index in [0.717, 1.165) is 12.8 Å². The Bertz CT molecular complexity index is 314. The molecule has 0 fully saturated rings. The van der Waals surface area contributed by atoms with Crippen LogP contribution in [0, 0.1) is 0 Å². The molecular weight excluding hydrogens is 360 g/mol. The van der Waals surface area contributed by atoms with E-state index in [1.165, 1.54) is 51.4 Å². The fourth-order valence-electron chi connectivity index (χ4n) is 2.24. The summed E-state index contributed by atoms with van der Waals surface area (Å²) >= 11 is 0. The zero-order valence-electron chi connectivity index (χ0n) is 18.0. The number of rotatable bonds is 15. The van der Waals surface area contributed by atoms with Crippen molar-refractivity contribution in [2.75, 3.05) is 6.61 Å². The van der Waals surface area contributed by atoms with Gasteiger partial charge in [-0.3, -0.25) is 9.59 Å². The van der Waals surface area contributed by atoms with E-state index in [0.29, 0.717) is 6.61 Å². The summed E-state index contributed by atoms with van der Waals surface area (Å²) in [6, 6.07) is -0.982. The molecule has 0 saturated heterocycles. The molecule has 0 aliphatic carbocycles. The molecule has 0 aromatic carbocycles. The molecule has 1 atom stereocenters. The summed E-state index contributed by atoms with van der Waals surface area (Å²) in [6.45, 7) is 2.66. The first kappa shape index (κ1) is 30.9. The second-order valence-electron chi connectivity index (χ2n) is 5.89. The SMILES string of the molecule is CCCCCCCCCCCCOC(=O)CC[C@H](N)C(=O)O.[H-].[H-].[K+].[K+]. The third-order valence-electron chi connectivity index (χ3n) is 3.74. The number of aliphatic carboxylic acids is 1. The molecule has 0 aromatic heterocycles. The standard InChI is InChI=1S/C17H33NO4.2K.2H/c1-2-3-4-5-6-7-8-9-10-11-14-22-16(19)13-12-15(18)17(20)21;;;;/h15H,2-14,18H2,1H3,(H,20,21);;;;/q;2*+1;2*-1/t15-;;;;/m0..../s1. The molecule has 0 aromatic rings. The van der Waals surface area contributed by atoms with E-state index in [1.54, 1.807) is 0 Å². The third kappa shape index (κ3) is 22.2. The van der Waals surface area contributed by atoms with Gasteiger partial charge < -0.3 is 18.4 Å². The van der Waals surface area contributed by atoms with Crippen LogP contribution in [0.5, 0.6) is 0 Å². The average molecular weight is 396 g/mol. The van der Waals surface area contributed by atoms with Crippen LogP contribution in [0.25, 0.3) is 0 Å². The van der Waals surface area contributed by atoms with E-state index < -0.39 is 12.0 Å². The van der Waals surface area contributed by atoms with Crippen LogP contribution in [-0.4, -0.2) is 29.7 Å². The van der Waals surface area contributed by atoms with Crippen LogP contribution in [0.4, 0.5) is 0 Å². The van der Waals surface area contributed by atoms with Gasteiger partial charge in [0, 0.05) is 6.42 Å². The van der Waals surface area contributed by atoms with Crippen molar-refractivity contribution in [1.82, 2.24) is 0 Å². The number of carboxylic acids is 1. The van der Waals surface area contributed by atoms with Crippen molar-refractivity contribution in [2.24, 2.45) is 5.73 Å². The molecule has 0 radical (unpaired) electrons. The second kappa shape index (κ2) is 23.2. The number of carbonyl (C=O) groups excluding carboxylic acids is 1. The normalized spacial score (nSPS) is 11.1.